The van der Waals surface area contributed by atoms with Gasteiger partial charge in [0.1, 0.15) is 0 Å². The van der Waals surface area contributed by atoms with E-state index in [4.69, 9.17) is 0 Å². The molecular weight excluding hydrogens is 260 g/mol. The molecule has 3 nitrogen and oxygen atoms in total. The molecule has 114 valence electrons. The van der Waals surface area contributed by atoms with Crippen molar-refractivity contribution in [3.05, 3.63) is 29.3 Å². The van der Waals surface area contributed by atoms with E-state index in [1.54, 1.807) is 0 Å². The van der Waals surface area contributed by atoms with E-state index in [-0.39, 0.29) is 5.91 Å². The molecule has 0 spiro atoms. The Bertz CT molecular complexity index is 530. The van der Waals surface area contributed by atoms with Gasteiger partial charge in [0, 0.05) is 30.9 Å². The summed E-state index contributed by atoms with van der Waals surface area (Å²) in [6.45, 7) is 7.45. The fraction of sp³-hybridized carbons (Fsp3) is 0.611. The Balaban J connectivity index is 1.71. The van der Waals surface area contributed by atoms with E-state index in [1.165, 1.54) is 17.7 Å². The minimum absolute atomic E-state index is 0.210. The number of carbonyl (C=O) groups is 1. The molecule has 2 aliphatic heterocycles. The largest absolute Gasteiger partial charge is 0.385 e. The number of hydrogen-bond donors (Lipinski definition) is 1. The normalized spacial score (nSPS) is 20.6. The van der Waals surface area contributed by atoms with Crippen molar-refractivity contribution in [1.82, 2.24) is 4.90 Å². The number of piperidine rings is 1. The molecule has 0 aromatic heterocycles. The number of rotatable bonds is 2. The average molecular weight is 286 g/mol. The quantitative estimate of drug-likeness (QED) is 0.899. The van der Waals surface area contributed by atoms with Crippen molar-refractivity contribution in [2.45, 2.75) is 46.0 Å². The molecule has 1 amide bonds. The first-order valence-electron chi connectivity index (χ1n) is 8.27. The standard InChI is InChI=1S/C18H26N2O/c1-3-18(2)8-11-20(12-9-18)17(21)15-6-7-16-14(13-15)5-4-10-19-16/h6-7,13,19H,3-5,8-12H2,1-2H3. The second kappa shape index (κ2) is 5.70. The predicted octanol–water partition coefficient (Wildman–Crippen LogP) is 3.70. The molecule has 0 bridgehead atoms. The smallest absolute Gasteiger partial charge is 0.253 e. The molecule has 2 heterocycles. The molecule has 1 fully saturated rings. The second-order valence-electron chi connectivity index (χ2n) is 6.86. The monoisotopic (exact) mass is 286 g/mol. The van der Waals surface area contributed by atoms with E-state index in [2.05, 4.69) is 31.3 Å². The molecule has 0 atom stereocenters. The van der Waals surface area contributed by atoms with E-state index in [0.29, 0.717) is 5.41 Å². The van der Waals surface area contributed by atoms with Crippen LogP contribution >= 0.6 is 0 Å². The summed E-state index contributed by atoms with van der Waals surface area (Å²) < 4.78 is 0. The third-order valence-electron chi connectivity index (χ3n) is 5.40. The first-order chi connectivity index (χ1) is 10.1. The van der Waals surface area contributed by atoms with Crippen LogP contribution < -0.4 is 5.32 Å². The predicted molar refractivity (Wildman–Crippen MR) is 86.8 cm³/mol. The molecule has 0 saturated carbocycles. The molecule has 1 aromatic carbocycles. The summed E-state index contributed by atoms with van der Waals surface area (Å²) >= 11 is 0. The summed E-state index contributed by atoms with van der Waals surface area (Å²) in [6, 6.07) is 6.15. The maximum atomic E-state index is 12.7. The van der Waals surface area contributed by atoms with Crippen LogP contribution in [0.4, 0.5) is 5.69 Å². The van der Waals surface area contributed by atoms with Crippen LogP contribution in [0.25, 0.3) is 0 Å². The Morgan fingerprint density at radius 2 is 2.10 bits per heavy atom. The Kier molecular flexibility index (Phi) is 3.92. The number of benzene rings is 1. The molecule has 0 unspecified atom stereocenters. The number of carbonyl (C=O) groups excluding carboxylic acids is 1. The van der Waals surface area contributed by atoms with Gasteiger partial charge in [-0.3, -0.25) is 4.79 Å². The molecule has 1 saturated heterocycles. The number of aryl methyl sites for hydroxylation is 1. The third kappa shape index (κ3) is 2.92. The van der Waals surface area contributed by atoms with Gasteiger partial charge in [-0.1, -0.05) is 20.3 Å². The van der Waals surface area contributed by atoms with E-state index in [0.717, 1.165) is 50.9 Å². The van der Waals surface area contributed by atoms with Crippen LogP contribution in [-0.4, -0.2) is 30.4 Å². The highest BCUT2D eigenvalue weighted by Crippen LogP contribution is 2.34. The minimum Gasteiger partial charge on any atom is -0.385 e. The van der Waals surface area contributed by atoms with Gasteiger partial charge in [-0.15, -0.1) is 0 Å². The van der Waals surface area contributed by atoms with Gasteiger partial charge < -0.3 is 10.2 Å². The van der Waals surface area contributed by atoms with Crippen LogP contribution in [0.1, 0.15) is 55.5 Å². The van der Waals surface area contributed by atoms with Crippen molar-refractivity contribution in [3.8, 4) is 0 Å². The van der Waals surface area contributed by atoms with Crippen molar-refractivity contribution < 1.29 is 4.79 Å². The van der Waals surface area contributed by atoms with Crippen molar-refractivity contribution in [3.63, 3.8) is 0 Å². The first kappa shape index (κ1) is 14.4. The molecule has 21 heavy (non-hydrogen) atoms. The lowest BCUT2D eigenvalue weighted by Crippen LogP contribution is -2.42. The zero-order valence-corrected chi connectivity index (χ0v) is 13.2. The molecule has 0 radical (unpaired) electrons. The number of nitrogens with one attached hydrogen (secondary N) is 1. The van der Waals surface area contributed by atoms with E-state index in [9.17, 15) is 4.79 Å². The topological polar surface area (TPSA) is 32.3 Å². The summed E-state index contributed by atoms with van der Waals surface area (Å²) in [7, 11) is 0. The van der Waals surface area contributed by atoms with Crippen LogP contribution in [0.3, 0.4) is 0 Å². The van der Waals surface area contributed by atoms with E-state index >= 15 is 0 Å². The molecule has 0 aliphatic carbocycles. The molecule has 3 rings (SSSR count). The molecule has 3 heteroatoms. The lowest BCUT2D eigenvalue weighted by atomic mass is 9.78. The van der Waals surface area contributed by atoms with E-state index < -0.39 is 0 Å². The van der Waals surface area contributed by atoms with Gasteiger partial charge in [0.15, 0.2) is 0 Å². The maximum Gasteiger partial charge on any atom is 0.253 e. The Morgan fingerprint density at radius 1 is 1.33 bits per heavy atom. The number of anilines is 1. The number of nitrogens with zero attached hydrogens (tertiary/aromatic N) is 1. The highest BCUT2D eigenvalue weighted by atomic mass is 16.2. The third-order valence-corrected chi connectivity index (χ3v) is 5.40. The second-order valence-corrected chi connectivity index (χ2v) is 6.86. The SMILES string of the molecule is CCC1(C)CCN(C(=O)c2ccc3c(c2)CCCN3)CC1. The summed E-state index contributed by atoms with van der Waals surface area (Å²) in [5, 5.41) is 3.40. The zero-order valence-electron chi connectivity index (χ0n) is 13.2. The van der Waals surface area contributed by atoms with Gasteiger partial charge in [0.05, 0.1) is 0 Å². The zero-order chi connectivity index (χ0) is 14.9. The van der Waals surface area contributed by atoms with Crippen molar-refractivity contribution >= 4 is 11.6 Å². The lowest BCUT2D eigenvalue weighted by Gasteiger charge is -2.39. The van der Waals surface area contributed by atoms with Crippen LogP contribution in [0.15, 0.2) is 18.2 Å². The minimum atomic E-state index is 0.210. The Labute approximate surface area is 127 Å². The Morgan fingerprint density at radius 3 is 2.81 bits per heavy atom. The van der Waals surface area contributed by atoms with Gasteiger partial charge in [0.25, 0.3) is 5.91 Å². The average Bonchev–Trinajstić information content (AvgIpc) is 2.54. The van der Waals surface area contributed by atoms with E-state index in [1.807, 2.05) is 11.0 Å². The van der Waals surface area contributed by atoms with Gasteiger partial charge in [-0.25, -0.2) is 0 Å². The van der Waals surface area contributed by atoms with Crippen LogP contribution in [-0.2, 0) is 6.42 Å². The summed E-state index contributed by atoms with van der Waals surface area (Å²) in [4.78, 5) is 14.7. The molecule has 2 aliphatic rings. The fourth-order valence-electron chi connectivity index (χ4n) is 3.39. The number of amides is 1. The molecular formula is C18H26N2O. The lowest BCUT2D eigenvalue weighted by molar-refractivity contribution is 0.0600. The summed E-state index contributed by atoms with van der Waals surface area (Å²) in [5.74, 6) is 0.210. The molecule has 1 aromatic rings. The number of fused-ring (bicyclic) bond motifs is 1. The van der Waals surface area contributed by atoms with Crippen LogP contribution in [0, 0.1) is 5.41 Å². The summed E-state index contributed by atoms with van der Waals surface area (Å²) in [5.41, 5.74) is 3.78. The van der Waals surface area contributed by atoms with Crippen molar-refractivity contribution in [2.75, 3.05) is 25.0 Å². The van der Waals surface area contributed by atoms with Crippen LogP contribution in [0.5, 0.6) is 0 Å². The highest BCUT2D eigenvalue weighted by molar-refractivity contribution is 5.95. The van der Waals surface area contributed by atoms with Crippen molar-refractivity contribution in [2.24, 2.45) is 5.41 Å². The molecule has 1 N–H and O–H groups in total. The van der Waals surface area contributed by atoms with Gasteiger partial charge >= 0.3 is 0 Å². The highest BCUT2D eigenvalue weighted by Gasteiger charge is 2.30. The van der Waals surface area contributed by atoms with Crippen LogP contribution in [0.2, 0.25) is 0 Å². The number of hydrogen-bond acceptors (Lipinski definition) is 2. The van der Waals surface area contributed by atoms with Gasteiger partial charge in [-0.2, -0.15) is 0 Å². The first-order valence-corrected chi connectivity index (χ1v) is 8.27. The summed E-state index contributed by atoms with van der Waals surface area (Å²) in [6.07, 6.45) is 5.70. The van der Waals surface area contributed by atoms with Gasteiger partial charge in [0.2, 0.25) is 0 Å². The van der Waals surface area contributed by atoms with Crippen molar-refractivity contribution in [1.29, 1.82) is 0 Å². The maximum absolute atomic E-state index is 12.7. The van der Waals surface area contributed by atoms with Gasteiger partial charge in [-0.05, 0) is 54.9 Å². The number of likely N-dealkylation sites (tertiary alicyclic amines) is 1. The fourth-order valence-corrected chi connectivity index (χ4v) is 3.39. The Hall–Kier alpha value is -1.51.